The van der Waals surface area contributed by atoms with Gasteiger partial charge in [-0.15, -0.1) is 0 Å². The molecule has 1 saturated carbocycles. The normalized spacial score (nSPS) is 20.3. The zero-order valence-electron chi connectivity index (χ0n) is 19.6. The summed E-state index contributed by atoms with van der Waals surface area (Å²) in [6.07, 6.45) is 4.62. The summed E-state index contributed by atoms with van der Waals surface area (Å²) in [7, 11) is 1.51. The van der Waals surface area contributed by atoms with E-state index in [4.69, 9.17) is 21.1 Å². The minimum atomic E-state index is -0.325. The van der Waals surface area contributed by atoms with Gasteiger partial charge in [0.15, 0.2) is 0 Å². The Morgan fingerprint density at radius 2 is 2.00 bits per heavy atom. The van der Waals surface area contributed by atoms with Gasteiger partial charge in [-0.1, -0.05) is 17.7 Å². The highest BCUT2D eigenvalue weighted by atomic mass is 35.5. The summed E-state index contributed by atoms with van der Waals surface area (Å²) in [6, 6.07) is 8.59. The van der Waals surface area contributed by atoms with E-state index in [0.29, 0.717) is 40.9 Å². The van der Waals surface area contributed by atoms with Gasteiger partial charge in [-0.05, 0) is 49.9 Å². The summed E-state index contributed by atoms with van der Waals surface area (Å²) in [6.45, 7) is 1.35. The predicted molar refractivity (Wildman–Crippen MR) is 131 cm³/mol. The lowest BCUT2D eigenvalue weighted by Crippen LogP contribution is -2.50. The first kappa shape index (κ1) is 24.9. The van der Waals surface area contributed by atoms with Crippen LogP contribution in [0.15, 0.2) is 36.5 Å². The third kappa shape index (κ3) is 6.29. The first-order valence-electron chi connectivity index (χ1n) is 11.7. The molecule has 1 aliphatic carbocycles. The first-order valence-corrected chi connectivity index (χ1v) is 12.1. The largest absolute Gasteiger partial charge is 0.496 e. The van der Waals surface area contributed by atoms with Gasteiger partial charge < -0.3 is 25.0 Å². The Kier molecular flexibility index (Phi) is 8.20. The van der Waals surface area contributed by atoms with E-state index in [0.717, 1.165) is 25.7 Å². The van der Waals surface area contributed by atoms with E-state index in [1.165, 1.54) is 13.3 Å². The van der Waals surface area contributed by atoms with Gasteiger partial charge in [-0.3, -0.25) is 14.4 Å². The van der Waals surface area contributed by atoms with Gasteiger partial charge in [0.25, 0.3) is 5.91 Å². The molecule has 2 N–H and O–H groups in total. The average molecular weight is 501 g/mol. The first-order chi connectivity index (χ1) is 16.9. The third-order valence-electron chi connectivity index (χ3n) is 6.42. The molecule has 2 aromatic rings. The number of morpholine rings is 1. The molecular weight excluding hydrogens is 472 g/mol. The van der Waals surface area contributed by atoms with Crippen LogP contribution in [0.1, 0.15) is 41.6 Å². The van der Waals surface area contributed by atoms with Crippen LogP contribution in [0.2, 0.25) is 5.02 Å². The number of benzene rings is 1. The van der Waals surface area contributed by atoms with Crippen LogP contribution in [-0.2, 0) is 20.7 Å². The number of nitrogens with zero attached hydrogens (tertiary/aromatic N) is 2. The van der Waals surface area contributed by atoms with Gasteiger partial charge in [0.2, 0.25) is 11.8 Å². The van der Waals surface area contributed by atoms with E-state index in [9.17, 15) is 14.4 Å². The van der Waals surface area contributed by atoms with Crippen LogP contribution in [-0.4, -0.2) is 66.6 Å². The Labute approximate surface area is 209 Å². The number of amides is 3. The standard InChI is InChI=1S/C25H29ClN4O5/c1-34-21-4-2-3-19(20(21)13-23(31)29-22-10-5-16(26)14-27-22)25(33)28-17-6-8-18(9-7-17)30-11-12-35-15-24(30)32/h2-5,10,14,17-18H,6-9,11-13,15H2,1H3,(H,28,33)(H,27,29,31). The monoisotopic (exact) mass is 500 g/mol. The highest BCUT2D eigenvalue weighted by Crippen LogP contribution is 2.27. The zero-order chi connectivity index (χ0) is 24.8. The second-order valence-corrected chi connectivity index (χ2v) is 9.13. The van der Waals surface area contributed by atoms with Crippen LogP contribution in [0.5, 0.6) is 5.75 Å². The van der Waals surface area contributed by atoms with Crippen molar-refractivity contribution in [2.24, 2.45) is 0 Å². The zero-order valence-corrected chi connectivity index (χ0v) is 20.3. The molecule has 2 fully saturated rings. The summed E-state index contributed by atoms with van der Waals surface area (Å²) < 4.78 is 10.7. The highest BCUT2D eigenvalue weighted by Gasteiger charge is 2.31. The fourth-order valence-corrected chi connectivity index (χ4v) is 4.77. The summed E-state index contributed by atoms with van der Waals surface area (Å²) in [5, 5.41) is 6.30. The summed E-state index contributed by atoms with van der Waals surface area (Å²) in [5.74, 6) is 0.301. The molecular formula is C25H29ClN4O5. The number of nitrogens with one attached hydrogen (secondary N) is 2. The Hall–Kier alpha value is -3.17. The lowest BCUT2D eigenvalue weighted by molar-refractivity contribution is -0.146. The van der Waals surface area contributed by atoms with Crippen LogP contribution in [0.4, 0.5) is 5.82 Å². The molecule has 0 radical (unpaired) electrons. The quantitative estimate of drug-likeness (QED) is 0.605. The number of carbonyl (C=O) groups excluding carboxylic acids is 3. The molecule has 35 heavy (non-hydrogen) atoms. The van der Waals surface area contributed by atoms with Crippen molar-refractivity contribution in [1.82, 2.24) is 15.2 Å². The highest BCUT2D eigenvalue weighted by molar-refractivity contribution is 6.30. The van der Waals surface area contributed by atoms with E-state index in [2.05, 4.69) is 15.6 Å². The van der Waals surface area contributed by atoms with Crippen molar-refractivity contribution >= 4 is 35.1 Å². The number of anilines is 1. The van der Waals surface area contributed by atoms with Crippen molar-refractivity contribution in [1.29, 1.82) is 0 Å². The number of aromatic nitrogens is 1. The Morgan fingerprint density at radius 1 is 1.20 bits per heavy atom. The SMILES string of the molecule is COc1cccc(C(=O)NC2CCC(N3CCOCC3=O)CC2)c1CC(=O)Nc1ccc(Cl)cn1. The maximum Gasteiger partial charge on any atom is 0.251 e. The molecule has 186 valence electrons. The Balaban J connectivity index is 1.39. The maximum absolute atomic E-state index is 13.2. The van der Waals surface area contributed by atoms with Gasteiger partial charge in [0.1, 0.15) is 18.2 Å². The molecule has 10 heteroatoms. The van der Waals surface area contributed by atoms with Gasteiger partial charge in [-0.2, -0.15) is 0 Å². The van der Waals surface area contributed by atoms with Crippen LogP contribution in [0.25, 0.3) is 0 Å². The molecule has 0 spiro atoms. The van der Waals surface area contributed by atoms with Crippen LogP contribution in [0, 0.1) is 0 Å². The van der Waals surface area contributed by atoms with Gasteiger partial charge in [-0.25, -0.2) is 4.98 Å². The number of ether oxygens (including phenoxy) is 2. The van der Waals surface area contributed by atoms with Crippen LogP contribution in [0.3, 0.4) is 0 Å². The summed E-state index contributed by atoms with van der Waals surface area (Å²) in [4.78, 5) is 44.0. The van der Waals surface area contributed by atoms with Gasteiger partial charge in [0.05, 0.1) is 25.2 Å². The van der Waals surface area contributed by atoms with E-state index in [1.54, 1.807) is 30.3 Å². The molecule has 1 aromatic heterocycles. The molecule has 1 aromatic carbocycles. The van der Waals surface area contributed by atoms with E-state index in [1.807, 2.05) is 4.90 Å². The fraction of sp³-hybridized carbons (Fsp3) is 0.440. The Morgan fingerprint density at radius 3 is 2.69 bits per heavy atom. The second-order valence-electron chi connectivity index (χ2n) is 8.69. The van der Waals surface area contributed by atoms with Crippen molar-refractivity contribution in [3.8, 4) is 5.75 Å². The molecule has 0 atom stereocenters. The second kappa shape index (κ2) is 11.5. The minimum absolute atomic E-state index is 0.000961. The van der Waals surface area contributed by atoms with Gasteiger partial charge >= 0.3 is 0 Å². The number of hydrogen-bond donors (Lipinski definition) is 2. The van der Waals surface area contributed by atoms with Crippen LogP contribution >= 0.6 is 11.6 Å². The number of rotatable bonds is 7. The number of hydrogen-bond acceptors (Lipinski definition) is 6. The third-order valence-corrected chi connectivity index (χ3v) is 6.65. The average Bonchev–Trinajstić information content (AvgIpc) is 2.86. The van der Waals surface area contributed by atoms with E-state index >= 15 is 0 Å². The molecule has 1 aliphatic heterocycles. The van der Waals surface area contributed by atoms with Crippen molar-refractivity contribution in [2.45, 2.75) is 44.2 Å². The molecule has 3 amide bonds. The van der Waals surface area contributed by atoms with Crippen molar-refractivity contribution in [2.75, 3.05) is 32.2 Å². The molecule has 4 rings (SSSR count). The topological polar surface area (TPSA) is 110 Å². The fourth-order valence-electron chi connectivity index (χ4n) is 4.66. The number of carbonyl (C=O) groups is 3. The molecule has 9 nitrogen and oxygen atoms in total. The van der Waals surface area contributed by atoms with E-state index in [-0.39, 0.29) is 42.8 Å². The maximum atomic E-state index is 13.2. The van der Waals surface area contributed by atoms with Crippen molar-refractivity contribution in [3.05, 3.63) is 52.7 Å². The molecule has 1 saturated heterocycles. The lowest BCUT2D eigenvalue weighted by atomic mass is 9.89. The molecule has 2 heterocycles. The lowest BCUT2D eigenvalue weighted by Gasteiger charge is -2.38. The summed E-state index contributed by atoms with van der Waals surface area (Å²) >= 11 is 5.85. The summed E-state index contributed by atoms with van der Waals surface area (Å²) in [5.41, 5.74) is 0.903. The van der Waals surface area contributed by atoms with Crippen molar-refractivity contribution < 1.29 is 23.9 Å². The van der Waals surface area contributed by atoms with Crippen molar-refractivity contribution in [3.63, 3.8) is 0 Å². The minimum Gasteiger partial charge on any atom is -0.496 e. The molecule has 0 unspecified atom stereocenters. The van der Waals surface area contributed by atoms with Crippen LogP contribution < -0.4 is 15.4 Å². The molecule has 2 aliphatic rings. The van der Waals surface area contributed by atoms with Gasteiger partial charge in [0, 0.05) is 36.0 Å². The predicted octanol–water partition coefficient (Wildman–Crippen LogP) is 2.82. The number of halogens is 1. The van der Waals surface area contributed by atoms with E-state index < -0.39 is 0 Å². The number of methoxy groups -OCH3 is 1. The smallest absolute Gasteiger partial charge is 0.251 e. The Bertz CT molecular complexity index is 1070. The number of pyridine rings is 1. The molecule has 0 bridgehead atoms.